The van der Waals surface area contributed by atoms with E-state index < -0.39 is 12.2 Å². The van der Waals surface area contributed by atoms with Crippen LogP contribution in [0, 0.1) is 0 Å². The second-order valence-electron chi connectivity index (χ2n) is 2.98. The average Bonchev–Trinajstić information content (AvgIpc) is 2.16. The largest absolute Gasteiger partial charge is 0.480 e. The van der Waals surface area contributed by atoms with Gasteiger partial charge in [-0.05, 0) is 5.56 Å². The van der Waals surface area contributed by atoms with Gasteiger partial charge in [-0.25, -0.2) is 0 Å². The van der Waals surface area contributed by atoms with Crippen LogP contribution in [0.15, 0.2) is 30.3 Å². The molecule has 0 amide bonds. The number of aliphatic hydroxyl groups is 1. The summed E-state index contributed by atoms with van der Waals surface area (Å²) in [4.78, 5) is 10.2. The van der Waals surface area contributed by atoms with Gasteiger partial charge >= 0.3 is 5.97 Å². The Kier molecular flexibility index (Phi) is 4.10. The van der Waals surface area contributed by atoms with Crippen molar-refractivity contribution in [2.75, 3.05) is 6.54 Å². The molecule has 0 aliphatic rings. The lowest BCUT2D eigenvalue weighted by molar-refractivity contribution is -0.136. The smallest absolute Gasteiger partial charge is 0.317 e. The van der Waals surface area contributed by atoms with Crippen molar-refractivity contribution in [2.24, 2.45) is 0 Å². The lowest BCUT2D eigenvalue weighted by Gasteiger charge is -2.10. The first kappa shape index (κ1) is 10.7. The van der Waals surface area contributed by atoms with E-state index in [4.69, 9.17) is 5.11 Å². The number of aliphatic carboxylic acids is 1. The Labute approximate surface area is 82.2 Å². The molecule has 0 bridgehead atoms. The molecule has 1 rings (SSSR count). The molecule has 0 saturated carbocycles. The van der Waals surface area contributed by atoms with Gasteiger partial charge in [0.15, 0.2) is 0 Å². The van der Waals surface area contributed by atoms with Crippen LogP contribution in [0.3, 0.4) is 0 Å². The normalized spacial score (nSPS) is 12.4. The van der Waals surface area contributed by atoms with Crippen molar-refractivity contribution in [3.05, 3.63) is 35.9 Å². The van der Waals surface area contributed by atoms with Crippen molar-refractivity contribution in [2.45, 2.75) is 12.6 Å². The van der Waals surface area contributed by atoms with Gasteiger partial charge in [-0.15, -0.1) is 0 Å². The molecule has 0 fully saturated rings. The lowest BCUT2D eigenvalue weighted by Crippen LogP contribution is -2.34. The fraction of sp³-hybridized carbons (Fsp3) is 0.300. The van der Waals surface area contributed by atoms with Crippen LogP contribution in [-0.2, 0) is 11.2 Å². The summed E-state index contributed by atoms with van der Waals surface area (Å²) < 4.78 is 0. The third-order valence-electron chi connectivity index (χ3n) is 1.76. The first-order valence-corrected chi connectivity index (χ1v) is 4.35. The van der Waals surface area contributed by atoms with E-state index in [1.165, 1.54) is 0 Å². The number of hydrogen-bond donors (Lipinski definition) is 3. The maximum absolute atomic E-state index is 10.2. The van der Waals surface area contributed by atoms with Gasteiger partial charge in [0.05, 0.1) is 6.54 Å². The molecule has 1 atom stereocenters. The quantitative estimate of drug-likeness (QED) is 0.588. The Balaban J connectivity index is 2.34. The summed E-state index contributed by atoms with van der Waals surface area (Å²) >= 11 is 0. The first-order chi connectivity index (χ1) is 6.68. The summed E-state index contributed by atoms with van der Waals surface area (Å²) in [7, 11) is 0. The summed E-state index contributed by atoms with van der Waals surface area (Å²) in [6.07, 6.45) is -0.401. The van der Waals surface area contributed by atoms with Gasteiger partial charge in [-0.3, -0.25) is 10.1 Å². The zero-order valence-corrected chi connectivity index (χ0v) is 7.68. The van der Waals surface area contributed by atoms with E-state index in [0.29, 0.717) is 6.42 Å². The van der Waals surface area contributed by atoms with Gasteiger partial charge in [0.2, 0.25) is 0 Å². The van der Waals surface area contributed by atoms with Gasteiger partial charge in [0, 0.05) is 6.42 Å². The van der Waals surface area contributed by atoms with Crippen LogP contribution in [0.25, 0.3) is 0 Å². The van der Waals surface area contributed by atoms with E-state index in [1.807, 2.05) is 30.3 Å². The number of aliphatic hydroxyl groups excluding tert-OH is 1. The maximum Gasteiger partial charge on any atom is 0.317 e. The highest BCUT2D eigenvalue weighted by Gasteiger charge is 2.05. The molecule has 4 nitrogen and oxygen atoms in total. The molecule has 0 aliphatic heterocycles. The van der Waals surface area contributed by atoms with Crippen LogP contribution in [0.5, 0.6) is 0 Å². The van der Waals surface area contributed by atoms with Crippen molar-refractivity contribution in [1.82, 2.24) is 5.32 Å². The molecule has 0 spiro atoms. The second-order valence-corrected chi connectivity index (χ2v) is 2.98. The average molecular weight is 195 g/mol. The van der Waals surface area contributed by atoms with Crippen molar-refractivity contribution < 1.29 is 15.0 Å². The predicted octanol–water partition coefficient (Wildman–Crippen LogP) is 0.222. The summed E-state index contributed by atoms with van der Waals surface area (Å²) in [6.45, 7) is -0.228. The van der Waals surface area contributed by atoms with Crippen LogP contribution < -0.4 is 5.32 Å². The number of carboxylic acid groups (broad SMARTS) is 1. The number of carbonyl (C=O) groups is 1. The van der Waals surface area contributed by atoms with Gasteiger partial charge in [0.1, 0.15) is 6.23 Å². The zero-order chi connectivity index (χ0) is 10.4. The molecule has 0 saturated heterocycles. The second kappa shape index (κ2) is 5.36. The molecule has 0 heterocycles. The lowest BCUT2D eigenvalue weighted by atomic mass is 10.1. The fourth-order valence-corrected chi connectivity index (χ4v) is 1.11. The fourth-order valence-electron chi connectivity index (χ4n) is 1.11. The Morgan fingerprint density at radius 1 is 1.36 bits per heavy atom. The van der Waals surface area contributed by atoms with Crippen LogP contribution in [0.2, 0.25) is 0 Å². The predicted molar refractivity (Wildman–Crippen MR) is 51.8 cm³/mol. The van der Waals surface area contributed by atoms with Gasteiger partial charge < -0.3 is 10.2 Å². The maximum atomic E-state index is 10.2. The number of hydrogen-bond acceptors (Lipinski definition) is 3. The molecule has 0 radical (unpaired) electrons. The highest BCUT2D eigenvalue weighted by Crippen LogP contribution is 2.00. The van der Waals surface area contributed by atoms with Crippen molar-refractivity contribution in [1.29, 1.82) is 0 Å². The molecule has 76 valence electrons. The Hall–Kier alpha value is -1.39. The van der Waals surface area contributed by atoms with E-state index in [1.54, 1.807) is 0 Å². The number of carboxylic acids is 1. The van der Waals surface area contributed by atoms with Crippen molar-refractivity contribution >= 4 is 5.97 Å². The van der Waals surface area contributed by atoms with E-state index in [-0.39, 0.29) is 6.54 Å². The van der Waals surface area contributed by atoms with E-state index >= 15 is 0 Å². The topological polar surface area (TPSA) is 69.6 Å². The monoisotopic (exact) mass is 195 g/mol. The van der Waals surface area contributed by atoms with Crippen molar-refractivity contribution in [3.63, 3.8) is 0 Å². The molecule has 3 N–H and O–H groups in total. The first-order valence-electron chi connectivity index (χ1n) is 4.35. The molecule has 0 aromatic heterocycles. The highest BCUT2D eigenvalue weighted by molar-refractivity contribution is 5.69. The van der Waals surface area contributed by atoms with Gasteiger partial charge in [0.25, 0.3) is 0 Å². The summed E-state index contributed by atoms with van der Waals surface area (Å²) in [5.41, 5.74) is 0.970. The third-order valence-corrected chi connectivity index (χ3v) is 1.76. The molecule has 1 unspecified atom stereocenters. The minimum Gasteiger partial charge on any atom is -0.480 e. The molecule has 1 aromatic carbocycles. The number of rotatable bonds is 5. The third kappa shape index (κ3) is 4.02. The minimum atomic E-state index is -0.975. The molecule has 1 aromatic rings. The molecule has 14 heavy (non-hydrogen) atoms. The summed E-state index contributed by atoms with van der Waals surface area (Å²) in [5, 5.41) is 20.2. The Morgan fingerprint density at radius 3 is 2.57 bits per heavy atom. The zero-order valence-electron chi connectivity index (χ0n) is 7.68. The van der Waals surface area contributed by atoms with E-state index in [2.05, 4.69) is 5.32 Å². The van der Waals surface area contributed by atoms with E-state index in [9.17, 15) is 9.90 Å². The molecule has 0 aliphatic carbocycles. The summed E-state index contributed by atoms with van der Waals surface area (Å²) in [6, 6.07) is 9.40. The SMILES string of the molecule is O=C(O)CNC(O)Cc1ccccc1. The number of nitrogens with one attached hydrogen (secondary N) is 1. The van der Waals surface area contributed by atoms with Crippen LogP contribution >= 0.6 is 0 Å². The minimum absolute atomic E-state index is 0.228. The Bertz CT molecular complexity index is 287. The van der Waals surface area contributed by atoms with Crippen molar-refractivity contribution in [3.8, 4) is 0 Å². The van der Waals surface area contributed by atoms with Gasteiger partial charge in [-0.2, -0.15) is 0 Å². The Morgan fingerprint density at radius 2 is 2.00 bits per heavy atom. The van der Waals surface area contributed by atoms with Crippen LogP contribution in [-0.4, -0.2) is 29.0 Å². The highest BCUT2D eigenvalue weighted by atomic mass is 16.4. The summed E-state index contributed by atoms with van der Waals surface area (Å²) in [5.74, 6) is -0.975. The van der Waals surface area contributed by atoms with Gasteiger partial charge in [-0.1, -0.05) is 30.3 Å². The van der Waals surface area contributed by atoms with E-state index in [0.717, 1.165) is 5.56 Å². The molecular weight excluding hydrogens is 182 g/mol. The standard InChI is InChI=1S/C10H13NO3/c12-9(11-7-10(13)14)6-8-4-2-1-3-5-8/h1-5,9,11-12H,6-7H2,(H,13,14). The number of benzene rings is 1. The van der Waals surface area contributed by atoms with Crippen LogP contribution in [0.1, 0.15) is 5.56 Å². The van der Waals surface area contributed by atoms with Crippen LogP contribution in [0.4, 0.5) is 0 Å². The molecular formula is C10H13NO3. The molecule has 4 heteroatoms.